The van der Waals surface area contributed by atoms with Gasteiger partial charge in [-0.15, -0.1) is 0 Å². The Bertz CT molecular complexity index is 525. The van der Waals surface area contributed by atoms with Crippen molar-refractivity contribution in [3.05, 3.63) is 29.8 Å². The Hall–Kier alpha value is -1.07. The molecule has 1 aliphatic heterocycles. The largest absolute Gasteiger partial charge is 0.494 e. The van der Waals surface area contributed by atoms with Gasteiger partial charge in [0.2, 0.25) is 0 Å². The normalized spacial score (nSPS) is 20.5. The standard InChI is InChI=1S/C16H25NO3S/c1-2-3-10-20-15-8-6-14(7-9-15)12-17-13-16-5-4-11-21(16,18)19/h6-9,16-17H,2-5,10-13H2,1H3. The van der Waals surface area contributed by atoms with Gasteiger partial charge in [-0.1, -0.05) is 25.5 Å². The van der Waals surface area contributed by atoms with Crippen LogP contribution in [0, 0.1) is 0 Å². The molecular weight excluding hydrogens is 286 g/mol. The van der Waals surface area contributed by atoms with Crippen molar-refractivity contribution in [2.45, 2.75) is 44.4 Å². The highest BCUT2D eigenvalue weighted by molar-refractivity contribution is 7.92. The molecule has 0 aliphatic carbocycles. The van der Waals surface area contributed by atoms with Crippen LogP contribution in [0.15, 0.2) is 24.3 Å². The van der Waals surface area contributed by atoms with Crippen LogP contribution in [0.25, 0.3) is 0 Å². The van der Waals surface area contributed by atoms with Crippen LogP contribution >= 0.6 is 0 Å². The molecule has 1 saturated heterocycles. The van der Waals surface area contributed by atoms with Gasteiger partial charge in [-0.3, -0.25) is 0 Å². The lowest BCUT2D eigenvalue weighted by molar-refractivity contribution is 0.309. The molecule has 0 spiro atoms. The minimum absolute atomic E-state index is 0.200. The van der Waals surface area contributed by atoms with Crippen LogP contribution in [0.3, 0.4) is 0 Å². The smallest absolute Gasteiger partial charge is 0.154 e. The average molecular weight is 311 g/mol. The fourth-order valence-electron chi connectivity index (χ4n) is 2.50. The maximum atomic E-state index is 11.7. The van der Waals surface area contributed by atoms with Crippen molar-refractivity contribution >= 4 is 9.84 Å². The number of nitrogens with one attached hydrogen (secondary N) is 1. The second kappa shape index (κ2) is 7.80. The quantitative estimate of drug-likeness (QED) is 0.750. The summed E-state index contributed by atoms with van der Waals surface area (Å²) in [6, 6.07) is 7.99. The Morgan fingerprint density at radius 3 is 2.67 bits per heavy atom. The van der Waals surface area contributed by atoms with Crippen LogP contribution in [0.5, 0.6) is 5.75 Å². The van der Waals surface area contributed by atoms with E-state index in [1.165, 1.54) is 0 Å². The molecule has 0 bridgehead atoms. The lowest BCUT2D eigenvalue weighted by Gasteiger charge is -2.11. The molecular formula is C16H25NO3S. The predicted molar refractivity (Wildman–Crippen MR) is 85.4 cm³/mol. The molecule has 0 amide bonds. The monoisotopic (exact) mass is 311 g/mol. The van der Waals surface area contributed by atoms with Gasteiger partial charge in [0.25, 0.3) is 0 Å². The van der Waals surface area contributed by atoms with Crippen LogP contribution in [0.1, 0.15) is 38.2 Å². The molecule has 1 aromatic carbocycles. The molecule has 0 radical (unpaired) electrons. The summed E-state index contributed by atoms with van der Waals surface area (Å²) in [5.41, 5.74) is 1.15. The van der Waals surface area contributed by atoms with Gasteiger partial charge in [0, 0.05) is 13.1 Å². The molecule has 1 aromatic rings. The van der Waals surface area contributed by atoms with Gasteiger partial charge in [-0.25, -0.2) is 8.42 Å². The van der Waals surface area contributed by atoms with E-state index in [1.54, 1.807) is 0 Å². The molecule has 2 rings (SSSR count). The van der Waals surface area contributed by atoms with E-state index in [1.807, 2.05) is 24.3 Å². The third-order valence-corrected chi connectivity index (χ3v) is 6.13. The Morgan fingerprint density at radius 1 is 1.29 bits per heavy atom. The lowest BCUT2D eigenvalue weighted by atomic mass is 10.2. The average Bonchev–Trinajstić information content (AvgIpc) is 2.80. The summed E-state index contributed by atoms with van der Waals surface area (Å²) in [6.07, 6.45) is 3.79. The Morgan fingerprint density at radius 2 is 2.05 bits per heavy atom. The third kappa shape index (κ3) is 5.00. The second-order valence-corrected chi connectivity index (χ2v) is 8.01. The molecule has 0 aromatic heterocycles. The van der Waals surface area contributed by atoms with Gasteiger partial charge >= 0.3 is 0 Å². The molecule has 1 N–H and O–H groups in total. The number of benzene rings is 1. The van der Waals surface area contributed by atoms with Crippen molar-refractivity contribution in [3.8, 4) is 5.75 Å². The van der Waals surface area contributed by atoms with Crippen LogP contribution in [0.4, 0.5) is 0 Å². The van der Waals surface area contributed by atoms with Crippen molar-refractivity contribution in [1.29, 1.82) is 0 Å². The second-order valence-electron chi connectivity index (χ2n) is 5.61. The van der Waals surface area contributed by atoms with Crippen LogP contribution in [-0.4, -0.2) is 32.6 Å². The molecule has 1 heterocycles. The van der Waals surface area contributed by atoms with Gasteiger partial charge in [0.1, 0.15) is 5.75 Å². The van der Waals surface area contributed by atoms with Gasteiger partial charge in [0.05, 0.1) is 17.6 Å². The van der Waals surface area contributed by atoms with Crippen molar-refractivity contribution in [2.24, 2.45) is 0 Å². The number of hydrogen-bond donors (Lipinski definition) is 1. The highest BCUT2D eigenvalue weighted by Crippen LogP contribution is 2.19. The number of rotatable bonds is 8. The topological polar surface area (TPSA) is 55.4 Å². The third-order valence-electron chi connectivity index (χ3n) is 3.85. The first-order chi connectivity index (χ1) is 10.1. The first-order valence-electron chi connectivity index (χ1n) is 7.76. The number of hydrogen-bond acceptors (Lipinski definition) is 4. The number of ether oxygens (including phenoxy) is 1. The molecule has 1 unspecified atom stereocenters. The predicted octanol–water partition coefficient (Wildman–Crippen LogP) is 2.53. The van der Waals surface area contributed by atoms with E-state index in [0.717, 1.165) is 43.6 Å². The molecule has 1 aliphatic rings. The molecule has 1 fully saturated rings. The van der Waals surface area contributed by atoms with Crippen molar-refractivity contribution in [2.75, 3.05) is 18.9 Å². The highest BCUT2D eigenvalue weighted by atomic mass is 32.2. The van der Waals surface area contributed by atoms with Crippen molar-refractivity contribution < 1.29 is 13.2 Å². The minimum atomic E-state index is -2.84. The summed E-state index contributed by atoms with van der Waals surface area (Å²) >= 11 is 0. The fourth-order valence-corrected chi connectivity index (χ4v) is 4.30. The Balaban J connectivity index is 1.73. The van der Waals surface area contributed by atoms with Gasteiger partial charge in [-0.2, -0.15) is 0 Å². The summed E-state index contributed by atoms with van der Waals surface area (Å²) in [5.74, 6) is 1.24. The van der Waals surface area contributed by atoms with Crippen LogP contribution < -0.4 is 10.1 Å². The zero-order valence-electron chi connectivity index (χ0n) is 12.7. The van der Waals surface area contributed by atoms with E-state index in [4.69, 9.17) is 4.74 Å². The SMILES string of the molecule is CCCCOc1ccc(CNCC2CCCS2(=O)=O)cc1. The maximum Gasteiger partial charge on any atom is 0.154 e. The van der Waals surface area contributed by atoms with E-state index >= 15 is 0 Å². The van der Waals surface area contributed by atoms with Gasteiger partial charge in [-0.05, 0) is 37.0 Å². The first kappa shape index (κ1) is 16.3. The van der Waals surface area contributed by atoms with E-state index in [0.29, 0.717) is 18.8 Å². The summed E-state index contributed by atoms with van der Waals surface area (Å²) in [7, 11) is -2.84. The summed E-state index contributed by atoms with van der Waals surface area (Å²) in [5, 5.41) is 3.05. The number of unbranched alkanes of at least 4 members (excludes halogenated alkanes) is 1. The van der Waals surface area contributed by atoms with Crippen LogP contribution in [-0.2, 0) is 16.4 Å². The van der Waals surface area contributed by atoms with E-state index < -0.39 is 9.84 Å². The first-order valence-corrected chi connectivity index (χ1v) is 9.47. The molecule has 0 saturated carbocycles. The molecule has 118 valence electrons. The van der Waals surface area contributed by atoms with E-state index in [2.05, 4.69) is 12.2 Å². The summed E-state index contributed by atoms with van der Waals surface area (Å²) in [6.45, 7) is 4.15. The van der Waals surface area contributed by atoms with Gasteiger partial charge in [0.15, 0.2) is 9.84 Å². The molecule has 21 heavy (non-hydrogen) atoms. The van der Waals surface area contributed by atoms with E-state index in [9.17, 15) is 8.42 Å². The number of sulfone groups is 1. The summed E-state index contributed by atoms with van der Waals surface area (Å²) in [4.78, 5) is 0. The van der Waals surface area contributed by atoms with Gasteiger partial charge < -0.3 is 10.1 Å². The summed E-state index contributed by atoms with van der Waals surface area (Å²) < 4.78 is 29.0. The van der Waals surface area contributed by atoms with Crippen molar-refractivity contribution in [3.63, 3.8) is 0 Å². The molecule has 1 atom stereocenters. The lowest BCUT2D eigenvalue weighted by Crippen LogP contribution is -2.30. The van der Waals surface area contributed by atoms with Crippen LogP contribution in [0.2, 0.25) is 0 Å². The molecule has 5 heteroatoms. The highest BCUT2D eigenvalue weighted by Gasteiger charge is 2.30. The minimum Gasteiger partial charge on any atom is -0.494 e. The van der Waals surface area contributed by atoms with Crippen molar-refractivity contribution in [1.82, 2.24) is 5.32 Å². The Kier molecular flexibility index (Phi) is 6.06. The maximum absolute atomic E-state index is 11.7. The fraction of sp³-hybridized carbons (Fsp3) is 0.625. The Labute approximate surface area is 127 Å². The zero-order valence-corrected chi connectivity index (χ0v) is 13.5. The zero-order chi connectivity index (χ0) is 15.1. The van der Waals surface area contributed by atoms with E-state index in [-0.39, 0.29) is 5.25 Å². The molecule has 4 nitrogen and oxygen atoms in total.